The Labute approximate surface area is 105 Å². The molecular weight excluding hydrogens is 228 g/mol. The Hall–Kier alpha value is -1.97. The fourth-order valence-electron chi connectivity index (χ4n) is 2.52. The number of aromatic nitrogens is 2. The van der Waals surface area contributed by atoms with Gasteiger partial charge in [0.1, 0.15) is 5.39 Å². The number of rotatable bonds is 0. The number of benzene rings is 1. The molecule has 1 aliphatic heterocycles. The van der Waals surface area contributed by atoms with Crippen molar-refractivity contribution in [1.82, 2.24) is 4.57 Å². The van der Waals surface area contributed by atoms with Crippen LogP contribution in [0.15, 0.2) is 33.9 Å². The minimum atomic E-state index is -0.0548. The molecule has 4 nitrogen and oxygen atoms in total. The highest BCUT2D eigenvalue weighted by atomic mass is 16.1. The Kier molecular flexibility index (Phi) is 3.03. The largest absolute Gasteiger partial charge is 0.421 e. The van der Waals surface area contributed by atoms with Crippen LogP contribution >= 0.6 is 0 Å². The Bertz CT molecular complexity index is 732. The number of hydrogen-bond acceptors (Lipinski definition) is 2. The lowest BCUT2D eigenvalue weighted by Crippen LogP contribution is -2.50. The van der Waals surface area contributed by atoms with Crippen molar-refractivity contribution in [3.05, 3.63) is 50.7 Å². The third-order valence-corrected chi connectivity index (χ3v) is 3.41. The third-order valence-electron chi connectivity index (χ3n) is 3.41. The van der Waals surface area contributed by atoms with E-state index in [1.54, 1.807) is 22.2 Å². The summed E-state index contributed by atoms with van der Waals surface area (Å²) in [5.74, 6) is 0. The lowest BCUT2D eigenvalue weighted by molar-refractivity contribution is -0.703. The molecule has 0 fully saturated rings. The smallest absolute Gasteiger partial charge is 0.306 e. The summed E-state index contributed by atoms with van der Waals surface area (Å²) in [7, 11) is 1.73. The van der Waals surface area contributed by atoms with Crippen LogP contribution in [0.2, 0.25) is 0 Å². The zero-order valence-corrected chi connectivity index (χ0v) is 9.64. The Morgan fingerprint density at radius 3 is 2.72 bits per heavy atom. The fourth-order valence-corrected chi connectivity index (χ4v) is 2.52. The van der Waals surface area contributed by atoms with E-state index in [1.807, 2.05) is 18.2 Å². The van der Waals surface area contributed by atoms with E-state index in [9.17, 15) is 9.59 Å². The van der Waals surface area contributed by atoms with Gasteiger partial charge in [-0.25, -0.2) is 4.79 Å². The van der Waals surface area contributed by atoms with Crippen LogP contribution in [0.25, 0.3) is 10.9 Å². The van der Waals surface area contributed by atoms with Crippen LogP contribution in [0.1, 0.15) is 19.5 Å². The molecule has 18 heavy (non-hydrogen) atoms. The SMILES string of the molecule is C.Cn1c(=O)c2[n+](c(=O)c3ccccc31)CCC2. The molecule has 94 valence electrons. The molecule has 0 atom stereocenters. The molecule has 0 saturated carbocycles. The average molecular weight is 245 g/mol. The van der Waals surface area contributed by atoms with Crippen molar-refractivity contribution < 1.29 is 4.57 Å². The van der Waals surface area contributed by atoms with Gasteiger partial charge in [-0.3, -0.25) is 4.79 Å². The van der Waals surface area contributed by atoms with Gasteiger partial charge in [-0.15, -0.1) is 0 Å². The molecular formula is C14H17N2O2+. The van der Waals surface area contributed by atoms with E-state index in [0.29, 0.717) is 29.6 Å². The van der Waals surface area contributed by atoms with Crippen LogP contribution in [0, 0.1) is 0 Å². The normalized spacial score (nSPS) is 13.2. The van der Waals surface area contributed by atoms with E-state index in [0.717, 1.165) is 6.42 Å². The second-order valence-corrected chi connectivity index (χ2v) is 4.39. The van der Waals surface area contributed by atoms with Gasteiger partial charge in [-0.1, -0.05) is 19.6 Å². The predicted molar refractivity (Wildman–Crippen MR) is 70.7 cm³/mol. The molecule has 1 aromatic heterocycles. The van der Waals surface area contributed by atoms with Crippen LogP contribution in [0.5, 0.6) is 0 Å². The van der Waals surface area contributed by atoms with Crippen molar-refractivity contribution in [2.24, 2.45) is 7.05 Å². The van der Waals surface area contributed by atoms with Crippen molar-refractivity contribution in [1.29, 1.82) is 0 Å². The molecule has 0 spiro atoms. The van der Waals surface area contributed by atoms with Crippen LogP contribution in [0.3, 0.4) is 0 Å². The van der Waals surface area contributed by atoms with Gasteiger partial charge in [0, 0.05) is 19.9 Å². The first-order chi connectivity index (χ1) is 8.20. The summed E-state index contributed by atoms with van der Waals surface area (Å²) in [6.45, 7) is 0.655. The molecule has 3 rings (SSSR count). The van der Waals surface area contributed by atoms with Gasteiger partial charge in [0.25, 0.3) is 5.69 Å². The average Bonchev–Trinajstić information content (AvgIpc) is 2.82. The van der Waals surface area contributed by atoms with Gasteiger partial charge >= 0.3 is 11.1 Å². The molecule has 1 aliphatic rings. The minimum Gasteiger partial charge on any atom is -0.306 e. The highest BCUT2D eigenvalue weighted by molar-refractivity contribution is 5.76. The lowest BCUT2D eigenvalue weighted by atomic mass is 10.2. The maximum absolute atomic E-state index is 12.3. The van der Waals surface area contributed by atoms with E-state index in [1.165, 1.54) is 0 Å². The fraction of sp³-hybridized carbons (Fsp3) is 0.357. The number of hydrogen-bond donors (Lipinski definition) is 0. The molecule has 2 aromatic rings. The van der Waals surface area contributed by atoms with Crippen LogP contribution in [0.4, 0.5) is 0 Å². The van der Waals surface area contributed by atoms with Gasteiger partial charge < -0.3 is 4.57 Å². The van der Waals surface area contributed by atoms with Gasteiger partial charge in [-0.2, -0.15) is 4.57 Å². The maximum atomic E-state index is 12.3. The van der Waals surface area contributed by atoms with Gasteiger partial charge in [-0.05, 0) is 12.1 Å². The lowest BCUT2D eigenvalue weighted by Gasteiger charge is -1.95. The topological polar surface area (TPSA) is 43.0 Å². The van der Waals surface area contributed by atoms with E-state index in [2.05, 4.69) is 0 Å². The summed E-state index contributed by atoms with van der Waals surface area (Å²) in [4.78, 5) is 24.6. The quantitative estimate of drug-likeness (QED) is 0.643. The molecule has 0 aliphatic carbocycles. The number of nitrogens with zero attached hydrogens (tertiary/aromatic N) is 2. The molecule has 0 bridgehead atoms. The van der Waals surface area contributed by atoms with Crippen molar-refractivity contribution in [3.8, 4) is 0 Å². The first-order valence-electron chi connectivity index (χ1n) is 5.75. The van der Waals surface area contributed by atoms with Crippen LogP contribution in [-0.4, -0.2) is 4.57 Å². The Morgan fingerprint density at radius 2 is 1.94 bits per heavy atom. The molecule has 0 amide bonds. The van der Waals surface area contributed by atoms with Crippen molar-refractivity contribution in [2.45, 2.75) is 26.8 Å². The van der Waals surface area contributed by atoms with Crippen LogP contribution < -0.4 is 15.7 Å². The summed E-state index contributed by atoms with van der Waals surface area (Å²) in [6.07, 6.45) is 1.58. The summed E-state index contributed by atoms with van der Waals surface area (Å²) < 4.78 is 3.21. The molecule has 0 N–H and O–H groups in total. The van der Waals surface area contributed by atoms with E-state index < -0.39 is 0 Å². The van der Waals surface area contributed by atoms with E-state index >= 15 is 0 Å². The molecule has 4 heteroatoms. The number of para-hydroxylation sites is 1. The standard InChI is InChI=1S/C13H13N2O2.CH4/c1-14-10-6-3-2-5-9(10)12(16)15-8-4-7-11(15)13(14)17;/h2-3,5-6H,4,7-8H2,1H3;1H4/q+1;. The Balaban J connectivity index is 0.00000120. The monoisotopic (exact) mass is 245 g/mol. The molecule has 0 radical (unpaired) electrons. The van der Waals surface area contributed by atoms with E-state index in [4.69, 9.17) is 0 Å². The first kappa shape index (κ1) is 12.5. The van der Waals surface area contributed by atoms with Gasteiger partial charge in [0.15, 0.2) is 6.54 Å². The highest BCUT2D eigenvalue weighted by Gasteiger charge is 2.27. The first-order valence-corrected chi connectivity index (χ1v) is 5.75. The molecule has 1 aromatic carbocycles. The maximum Gasteiger partial charge on any atom is 0.421 e. The minimum absolute atomic E-state index is 0. The second kappa shape index (κ2) is 4.37. The summed E-state index contributed by atoms with van der Waals surface area (Å²) in [5.41, 5.74) is 1.23. The number of aryl methyl sites for hydroxylation is 1. The van der Waals surface area contributed by atoms with Crippen LogP contribution in [-0.2, 0) is 20.0 Å². The molecule has 2 heterocycles. The molecule has 0 unspecified atom stereocenters. The summed E-state index contributed by atoms with van der Waals surface area (Å²) in [5, 5.41) is 0.611. The van der Waals surface area contributed by atoms with Crippen molar-refractivity contribution in [3.63, 3.8) is 0 Å². The number of fused-ring (bicyclic) bond motifs is 2. The Morgan fingerprint density at radius 1 is 1.22 bits per heavy atom. The summed E-state index contributed by atoms with van der Waals surface area (Å²) in [6, 6.07) is 7.27. The van der Waals surface area contributed by atoms with Gasteiger partial charge in [0.05, 0.1) is 5.52 Å². The molecule has 0 saturated heterocycles. The summed E-state index contributed by atoms with van der Waals surface area (Å²) >= 11 is 0. The highest BCUT2D eigenvalue weighted by Crippen LogP contribution is 2.06. The zero-order valence-electron chi connectivity index (χ0n) is 9.64. The van der Waals surface area contributed by atoms with Crippen molar-refractivity contribution in [2.75, 3.05) is 0 Å². The zero-order chi connectivity index (χ0) is 12.0. The van der Waals surface area contributed by atoms with Gasteiger partial charge in [0.2, 0.25) is 0 Å². The second-order valence-electron chi connectivity index (χ2n) is 4.39. The van der Waals surface area contributed by atoms with Crippen molar-refractivity contribution >= 4 is 10.9 Å². The van der Waals surface area contributed by atoms with E-state index in [-0.39, 0.29) is 18.5 Å². The third kappa shape index (κ3) is 1.56. The predicted octanol–water partition coefficient (Wildman–Crippen LogP) is 0.768.